The standard InChI is InChI=1S/C13H16O4/c1-9-7-10(2)17-13(14)8-15-11-5-3-4-6-12(11)16-9/h3-6,9-10H,7-8H2,1-2H3/t9-,10?/m0/s1. The summed E-state index contributed by atoms with van der Waals surface area (Å²) in [4.78, 5) is 11.4. The molecule has 4 nitrogen and oxygen atoms in total. The largest absolute Gasteiger partial charge is 0.487 e. The summed E-state index contributed by atoms with van der Waals surface area (Å²) in [5.41, 5.74) is 0. The van der Waals surface area contributed by atoms with Gasteiger partial charge in [-0.25, -0.2) is 4.79 Å². The average molecular weight is 236 g/mol. The van der Waals surface area contributed by atoms with E-state index >= 15 is 0 Å². The number of esters is 1. The Bertz CT molecular complexity index is 402. The van der Waals surface area contributed by atoms with E-state index in [1.54, 1.807) is 6.07 Å². The van der Waals surface area contributed by atoms with Crippen molar-refractivity contribution in [2.24, 2.45) is 0 Å². The Labute approximate surface area is 100 Å². The fourth-order valence-corrected chi connectivity index (χ4v) is 1.84. The van der Waals surface area contributed by atoms with Crippen LogP contribution in [0.2, 0.25) is 0 Å². The number of cyclic esters (lactones) is 1. The summed E-state index contributed by atoms with van der Waals surface area (Å²) >= 11 is 0. The number of carbonyl (C=O) groups excluding carboxylic acids is 1. The van der Waals surface area contributed by atoms with Crippen LogP contribution in [0.5, 0.6) is 11.5 Å². The molecule has 0 spiro atoms. The third kappa shape index (κ3) is 3.12. The topological polar surface area (TPSA) is 44.8 Å². The first-order valence-corrected chi connectivity index (χ1v) is 5.73. The van der Waals surface area contributed by atoms with Gasteiger partial charge < -0.3 is 14.2 Å². The number of carbonyl (C=O) groups is 1. The van der Waals surface area contributed by atoms with Crippen molar-refractivity contribution < 1.29 is 19.0 Å². The van der Waals surface area contributed by atoms with Crippen LogP contribution in [0, 0.1) is 0 Å². The quantitative estimate of drug-likeness (QED) is 0.647. The summed E-state index contributed by atoms with van der Waals surface area (Å²) in [5.74, 6) is 0.897. The van der Waals surface area contributed by atoms with Crippen LogP contribution in [-0.4, -0.2) is 24.8 Å². The molecule has 0 aromatic heterocycles. The molecule has 0 aliphatic carbocycles. The molecular weight excluding hydrogens is 220 g/mol. The highest BCUT2D eigenvalue weighted by atomic mass is 16.6. The SMILES string of the molecule is CC1C[C@H](C)Oc2ccccc2OCC(=O)O1. The second kappa shape index (κ2) is 5.08. The average Bonchev–Trinajstić information content (AvgIpc) is 2.26. The lowest BCUT2D eigenvalue weighted by Gasteiger charge is -2.22. The number of para-hydroxylation sites is 2. The molecule has 0 fully saturated rings. The summed E-state index contributed by atoms with van der Waals surface area (Å²) in [7, 11) is 0. The Balaban J connectivity index is 2.21. The fourth-order valence-electron chi connectivity index (χ4n) is 1.84. The molecule has 1 unspecified atom stereocenters. The van der Waals surface area contributed by atoms with Crippen LogP contribution in [0.25, 0.3) is 0 Å². The van der Waals surface area contributed by atoms with E-state index in [9.17, 15) is 4.79 Å². The van der Waals surface area contributed by atoms with E-state index in [-0.39, 0.29) is 24.8 Å². The van der Waals surface area contributed by atoms with Gasteiger partial charge in [-0.15, -0.1) is 0 Å². The van der Waals surface area contributed by atoms with Gasteiger partial charge in [0.05, 0.1) is 6.10 Å². The number of rotatable bonds is 0. The molecule has 17 heavy (non-hydrogen) atoms. The molecule has 4 heteroatoms. The van der Waals surface area contributed by atoms with Crippen molar-refractivity contribution in [1.82, 2.24) is 0 Å². The highest BCUT2D eigenvalue weighted by Gasteiger charge is 2.19. The molecule has 2 rings (SSSR count). The van der Waals surface area contributed by atoms with Crippen LogP contribution < -0.4 is 9.47 Å². The van der Waals surface area contributed by atoms with Crippen molar-refractivity contribution in [3.63, 3.8) is 0 Å². The van der Waals surface area contributed by atoms with Gasteiger partial charge in [0, 0.05) is 6.42 Å². The predicted octanol–water partition coefficient (Wildman–Crippen LogP) is 2.17. The van der Waals surface area contributed by atoms with E-state index in [4.69, 9.17) is 14.2 Å². The molecule has 1 aromatic carbocycles. The summed E-state index contributed by atoms with van der Waals surface area (Å²) in [5, 5.41) is 0. The zero-order chi connectivity index (χ0) is 12.3. The first-order valence-electron chi connectivity index (χ1n) is 5.73. The molecule has 0 saturated carbocycles. The van der Waals surface area contributed by atoms with Gasteiger partial charge in [0.25, 0.3) is 0 Å². The van der Waals surface area contributed by atoms with Crippen molar-refractivity contribution in [3.05, 3.63) is 24.3 Å². The van der Waals surface area contributed by atoms with Gasteiger partial charge in [-0.2, -0.15) is 0 Å². The zero-order valence-corrected chi connectivity index (χ0v) is 10.0. The van der Waals surface area contributed by atoms with Gasteiger partial charge in [0.15, 0.2) is 18.1 Å². The third-order valence-electron chi connectivity index (χ3n) is 2.52. The number of hydrogen-bond acceptors (Lipinski definition) is 4. The lowest BCUT2D eigenvalue weighted by atomic mass is 10.2. The van der Waals surface area contributed by atoms with Gasteiger partial charge >= 0.3 is 5.97 Å². The molecule has 0 saturated heterocycles. The summed E-state index contributed by atoms with van der Waals surface area (Å²) in [6, 6.07) is 7.33. The van der Waals surface area contributed by atoms with Crippen LogP contribution >= 0.6 is 0 Å². The van der Waals surface area contributed by atoms with Crippen molar-refractivity contribution in [2.75, 3.05) is 6.61 Å². The van der Waals surface area contributed by atoms with E-state index in [1.807, 2.05) is 32.0 Å². The number of fused-ring (bicyclic) bond motifs is 1. The maximum absolute atomic E-state index is 11.4. The molecule has 1 aliphatic rings. The predicted molar refractivity (Wildman–Crippen MR) is 62.2 cm³/mol. The maximum Gasteiger partial charge on any atom is 0.344 e. The van der Waals surface area contributed by atoms with E-state index in [0.717, 1.165) is 0 Å². The minimum atomic E-state index is -0.346. The Kier molecular flexibility index (Phi) is 3.52. The van der Waals surface area contributed by atoms with E-state index in [0.29, 0.717) is 17.9 Å². The van der Waals surface area contributed by atoms with E-state index < -0.39 is 0 Å². The normalized spacial score (nSPS) is 24.9. The number of benzene rings is 1. The number of ether oxygens (including phenoxy) is 3. The van der Waals surface area contributed by atoms with Crippen LogP contribution in [0.1, 0.15) is 20.3 Å². The van der Waals surface area contributed by atoms with Crippen molar-refractivity contribution in [3.8, 4) is 11.5 Å². The molecule has 0 bridgehead atoms. The molecule has 1 aliphatic heterocycles. The Hall–Kier alpha value is -1.71. The summed E-state index contributed by atoms with van der Waals surface area (Å²) in [6.07, 6.45) is 0.479. The van der Waals surface area contributed by atoms with Crippen LogP contribution in [0.15, 0.2) is 24.3 Å². The van der Waals surface area contributed by atoms with Gasteiger partial charge in [-0.05, 0) is 26.0 Å². The first kappa shape index (κ1) is 11.8. The van der Waals surface area contributed by atoms with Crippen LogP contribution in [0.4, 0.5) is 0 Å². The lowest BCUT2D eigenvalue weighted by molar-refractivity contribution is -0.152. The minimum Gasteiger partial charge on any atom is -0.487 e. The summed E-state index contributed by atoms with van der Waals surface area (Å²) in [6.45, 7) is 3.72. The lowest BCUT2D eigenvalue weighted by Crippen LogP contribution is -2.27. The highest BCUT2D eigenvalue weighted by Crippen LogP contribution is 2.28. The zero-order valence-electron chi connectivity index (χ0n) is 10.0. The van der Waals surface area contributed by atoms with Gasteiger partial charge in [-0.1, -0.05) is 12.1 Å². The third-order valence-corrected chi connectivity index (χ3v) is 2.52. The second-order valence-corrected chi connectivity index (χ2v) is 4.20. The Morgan fingerprint density at radius 1 is 1.06 bits per heavy atom. The fraction of sp³-hybridized carbons (Fsp3) is 0.462. The maximum atomic E-state index is 11.4. The second-order valence-electron chi connectivity index (χ2n) is 4.20. The number of hydrogen-bond donors (Lipinski definition) is 0. The molecule has 1 heterocycles. The minimum absolute atomic E-state index is 0.0272. The van der Waals surface area contributed by atoms with Crippen molar-refractivity contribution in [1.29, 1.82) is 0 Å². The van der Waals surface area contributed by atoms with Gasteiger partial charge in [0.2, 0.25) is 0 Å². The Morgan fingerprint density at radius 2 is 1.71 bits per heavy atom. The Morgan fingerprint density at radius 3 is 2.47 bits per heavy atom. The monoisotopic (exact) mass is 236 g/mol. The molecule has 0 amide bonds. The molecule has 1 aromatic rings. The van der Waals surface area contributed by atoms with Crippen LogP contribution in [-0.2, 0) is 9.53 Å². The molecule has 2 atom stereocenters. The van der Waals surface area contributed by atoms with E-state index in [2.05, 4.69) is 0 Å². The first-order chi connectivity index (χ1) is 8.15. The smallest absolute Gasteiger partial charge is 0.344 e. The van der Waals surface area contributed by atoms with E-state index in [1.165, 1.54) is 0 Å². The molecule has 0 N–H and O–H groups in total. The van der Waals surface area contributed by atoms with Gasteiger partial charge in [-0.3, -0.25) is 0 Å². The van der Waals surface area contributed by atoms with Crippen molar-refractivity contribution >= 4 is 5.97 Å². The molecular formula is C13H16O4. The highest BCUT2D eigenvalue weighted by molar-refractivity contribution is 5.71. The van der Waals surface area contributed by atoms with Crippen molar-refractivity contribution in [2.45, 2.75) is 32.5 Å². The molecule has 0 radical (unpaired) electrons. The summed E-state index contributed by atoms with van der Waals surface area (Å²) < 4.78 is 16.3. The molecule has 92 valence electrons. The van der Waals surface area contributed by atoms with Crippen LogP contribution in [0.3, 0.4) is 0 Å². The van der Waals surface area contributed by atoms with Gasteiger partial charge in [0.1, 0.15) is 6.10 Å².